The van der Waals surface area contributed by atoms with Crippen LogP contribution in [0.3, 0.4) is 0 Å². The molecule has 0 aliphatic carbocycles. The van der Waals surface area contributed by atoms with Gasteiger partial charge in [0.15, 0.2) is 0 Å². The second kappa shape index (κ2) is 8.02. The molecule has 0 rings (SSSR count). The molecular weight excluding hydrogens is 136 g/mol. The minimum absolute atomic E-state index is 1.13. The van der Waals surface area contributed by atoms with Gasteiger partial charge in [-0.15, -0.1) is 0 Å². The van der Waals surface area contributed by atoms with Crippen molar-refractivity contribution < 1.29 is 0 Å². The minimum Gasteiger partial charge on any atom is -0.315 e. The number of hydrogen-bond donors (Lipinski definition) is 1. The standard InChI is InChI=1S/C9H22N2/c1-4-6-7-10-8-9-11(3)5-2/h10H,4-9H2,1-3H3. The molecule has 1 N–H and O–H groups in total. The molecule has 0 aromatic rings. The van der Waals surface area contributed by atoms with Crippen molar-refractivity contribution in [1.29, 1.82) is 0 Å². The average molecular weight is 158 g/mol. The molecule has 0 fully saturated rings. The lowest BCUT2D eigenvalue weighted by molar-refractivity contribution is 0.349. The number of nitrogens with one attached hydrogen (secondary N) is 1. The largest absolute Gasteiger partial charge is 0.315 e. The van der Waals surface area contributed by atoms with E-state index in [1.807, 2.05) is 0 Å². The van der Waals surface area contributed by atoms with Crippen molar-refractivity contribution in [3.8, 4) is 0 Å². The van der Waals surface area contributed by atoms with Gasteiger partial charge in [-0.25, -0.2) is 0 Å². The lowest BCUT2D eigenvalue weighted by atomic mass is 10.3. The lowest BCUT2D eigenvalue weighted by Gasteiger charge is -2.13. The highest BCUT2D eigenvalue weighted by molar-refractivity contribution is 4.51. The number of hydrogen-bond acceptors (Lipinski definition) is 2. The van der Waals surface area contributed by atoms with E-state index in [2.05, 4.69) is 31.1 Å². The summed E-state index contributed by atoms with van der Waals surface area (Å²) in [5.74, 6) is 0. The van der Waals surface area contributed by atoms with Crippen LogP contribution in [0.25, 0.3) is 0 Å². The summed E-state index contributed by atoms with van der Waals surface area (Å²) in [7, 11) is 2.15. The molecule has 2 heteroatoms. The Bertz CT molecular complexity index is 74.0. The summed E-state index contributed by atoms with van der Waals surface area (Å²) in [5, 5.41) is 3.41. The van der Waals surface area contributed by atoms with Gasteiger partial charge in [0.25, 0.3) is 0 Å². The number of likely N-dealkylation sites (N-methyl/N-ethyl adjacent to an activating group) is 1. The molecule has 0 amide bonds. The van der Waals surface area contributed by atoms with E-state index in [4.69, 9.17) is 0 Å². The fourth-order valence-corrected chi connectivity index (χ4v) is 0.855. The van der Waals surface area contributed by atoms with E-state index in [1.54, 1.807) is 0 Å². The van der Waals surface area contributed by atoms with Crippen molar-refractivity contribution in [3.05, 3.63) is 0 Å². The van der Waals surface area contributed by atoms with Gasteiger partial charge in [-0.1, -0.05) is 20.3 Å². The van der Waals surface area contributed by atoms with Gasteiger partial charge in [0.05, 0.1) is 0 Å². The molecule has 0 saturated carbocycles. The van der Waals surface area contributed by atoms with Crippen LogP contribution in [0.4, 0.5) is 0 Å². The monoisotopic (exact) mass is 158 g/mol. The Hall–Kier alpha value is -0.0800. The summed E-state index contributed by atoms with van der Waals surface area (Å²) < 4.78 is 0. The third-order valence-electron chi connectivity index (χ3n) is 1.92. The summed E-state index contributed by atoms with van der Waals surface area (Å²) in [4.78, 5) is 2.32. The van der Waals surface area contributed by atoms with Crippen molar-refractivity contribution in [2.75, 3.05) is 33.2 Å². The molecule has 0 aromatic carbocycles. The van der Waals surface area contributed by atoms with Crippen LogP contribution in [-0.4, -0.2) is 38.1 Å². The van der Waals surface area contributed by atoms with E-state index < -0.39 is 0 Å². The molecule has 0 spiro atoms. The Labute approximate surface area is 71.0 Å². The van der Waals surface area contributed by atoms with Gasteiger partial charge in [0.2, 0.25) is 0 Å². The minimum atomic E-state index is 1.13. The molecule has 0 aromatic heterocycles. The summed E-state index contributed by atoms with van der Waals surface area (Å²) in [6, 6.07) is 0. The maximum Gasteiger partial charge on any atom is 0.0104 e. The maximum atomic E-state index is 3.41. The second-order valence-electron chi connectivity index (χ2n) is 3.00. The first-order valence-corrected chi connectivity index (χ1v) is 4.70. The van der Waals surface area contributed by atoms with Gasteiger partial charge in [-0.05, 0) is 26.6 Å². The van der Waals surface area contributed by atoms with Gasteiger partial charge in [0, 0.05) is 13.1 Å². The first-order chi connectivity index (χ1) is 5.31. The fourth-order valence-electron chi connectivity index (χ4n) is 0.855. The van der Waals surface area contributed by atoms with E-state index in [1.165, 1.54) is 25.9 Å². The number of rotatable bonds is 7. The first kappa shape index (κ1) is 10.9. The van der Waals surface area contributed by atoms with Crippen LogP contribution in [0.2, 0.25) is 0 Å². The summed E-state index contributed by atoms with van der Waals surface area (Å²) >= 11 is 0. The second-order valence-corrected chi connectivity index (χ2v) is 3.00. The predicted molar refractivity (Wildman–Crippen MR) is 50.9 cm³/mol. The zero-order valence-corrected chi connectivity index (χ0v) is 8.19. The Kier molecular flexibility index (Phi) is 7.96. The van der Waals surface area contributed by atoms with E-state index in [-0.39, 0.29) is 0 Å². The Balaban J connectivity index is 2.89. The van der Waals surface area contributed by atoms with Crippen LogP contribution in [0.5, 0.6) is 0 Å². The van der Waals surface area contributed by atoms with Crippen LogP contribution in [-0.2, 0) is 0 Å². The van der Waals surface area contributed by atoms with Crippen molar-refractivity contribution >= 4 is 0 Å². The quantitative estimate of drug-likeness (QED) is 0.562. The normalized spacial score (nSPS) is 10.9. The van der Waals surface area contributed by atoms with E-state index >= 15 is 0 Å². The Morgan fingerprint density at radius 3 is 2.45 bits per heavy atom. The Morgan fingerprint density at radius 1 is 1.18 bits per heavy atom. The predicted octanol–water partition coefficient (Wildman–Crippen LogP) is 1.33. The molecule has 0 radical (unpaired) electrons. The summed E-state index contributed by atoms with van der Waals surface area (Å²) in [5.41, 5.74) is 0. The molecular formula is C9H22N2. The average Bonchev–Trinajstić information content (AvgIpc) is 2.04. The van der Waals surface area contributed by atoms with Crippen molar-refractivity contribution in [2.45, 2.75) is 26.7 Å². The summed E-state index contributed by atoms with van der Waals surface area (Å²) in [6.45, 7) is 9.03. The number of nitrogens with zero attached hydrogens (tertiary/aromatic N) is 1. The molecule has 68 valence electrons. The zero-order chi connectivity index (χ0) is 8.53. The van der Waals surface area contributed by atoms with Crippen LogP contribution < -0.4 is 5.32 Å². The smallest absolute Gasteiger partial charge is 0.0104 e. The molecule has 2 nitrogen and oxygen atoms in total. The van der Waals surface area contributed by atoms with Gasteiger partial charge in [0.1, 0.15) is 0 Å². The van der Waals surface area contributed by atoms with Crippen LogP contribution in [0.15, 0.2) is 0 Å². The highest BCUT2D eigenvalue weighted by Gasteiger charge is 1.91. The SMILES string of the molecule is CCCCNCCN(C)CC. The molecule has 11 heavy (non-hydrogen) atoms. The van der Waals surface area contributed by atoms with Crippen LogP contribution in [0, 0.1) is 0 Å². The third kappa shape index (κ3) is 7.82. The highest BCUT2D eigenvalue weighted by atomic mass is 15.1. The van der Waals surface area contributed by atoms with Crippen molar-refractivity contribution in [3.63, 3.8) is 0 Å². The molecule has 0 atom stereocenters. The third-order valence-corrected chi connectivity index (χ3v) is 1.92. The van der Waals surface area contributed by atoms with Gasteiger partial charge >= 0.3 is 0 Å². The summed E-state index contributed by atoms with van der Waals surface area (Å²) in [6.07, 6.45) is 2.59. The van der Waals surface area contributed by atoms with E-state index in [9.17, 15) is 0 Å². The lowest BCUT2D eigenvalue weighted by Crippen LogP contribution is -2.29. The van der Waals surface area contributed by atoms with Crippen LogP contribution >= 0.6 is 0 Å². The van der Waals surface area contributed by atoms with Crippen molar-refractivity contribution in [1.82, 2.24) is 10.2 Å². The molecule has 0 saturated heterocycles. The van der Waals surface area contributed by atoms with Gasteiger partial charge in [-0.3, -0.25) is 0 Å². The maximum absolute atomic E-state index is 3.41. The van der Waals surface area contributed by atoms with E-state index in [0.717, 1.165) is 13.1 Å². The number of unbranched alkanes of at least 4 members (excludes halogenated alkanes) is 1. The first-order valence-electron chi connectivity index (χ1n) is 4.70. The molecule has 0 heterocycles. The Morgan fingerprint density at radius 2 is 1.91 bits per heavy atom. The van der Waals surface area contributed by atoms with Gasteiger partial charge < -0.3 is 10.2 Å². The van der Waals surface area contributed by atoms with Crippen molar-refractivity contribution in [2.24, 2.45) is 0 Å². The molecule has 0 aliphatic rings. The zero-order valence-electron chi connectivity index (χ0n) is 8.19. The topological polar surface area (TPSA) is 15.3 Å². The molecule has 0 aliphatic heterocycles. The molecule has 0 unspecified atom stereocenters. The van der Waals surface area contributed by atoms with Crippen LogP contribution in [0.1, 0.15) is 26.7 Å². The highest BCUT2D eigenvalue weighted by Crippen LogP contribution is 1.82. The fraction of sp³-hybridized carbons (Fsp3) is 1.00. The van der Waals surface area contributed by atoms with E-state index in [0.29, 0.717) is 0 Å². The van der Waals surface area contributed by atoms with Gasteiger partial charge in [-0.2, -0.15) is 0 Å². The molecule has 0 bridgehead atoms.